The second-order valence-electron chi connectivity index (χ2n) is 10.2. The maximum Gasteiger partial charge on any atom is 0.271 e. The Labute approximate surface area is 219 Å². The van der Waals surface area contributed by atoms with Gasteiger partial charge < -0.3 is 24.3 Å². The number of nitrogens with one attached hydrogen (secondary N) is 1. The molecule has 1 saturated carbocycles. The lowest BCUT2D eigenvalue weighted by Crippen LogP contribution is -2.52. The first kappa shape index (κ1) is 22.9. The molecule has 0 bridgehead atoms. The number of carbonyl (C=O) groups excluding carboxylic acids is 1. The van der Waals surface area contributed by atoms with E-state index in [0.29, 0.717) is 36.4 Å². The van der Waals surface area contributed by atoms with Gasteiger partial charge in [-0.2, -0.15) is 0 Å². The summed E-state index contributed by atoms with van der Waals surface area (Å²) in [5.41, 5.74) is 3.09. The van der Waals surface area contributed by atoms with Crippen LogP contribution in [0.15, 0.2) is 55.4 Å². The summed E-state index contributed by atoms with van der Waals surface area (Å²) in [7, 11) is 0. The molecule has 1 aliphatic carbocycles. The molecule has 0 radical (unpaired) electrons. The molecule has 1 aromatic carbocycles. The molecule has 3 aromatic heterocycles. The number of rotatable bonds is 5. The minimum Gasteiger partial charge on any atom is -0.488 e. The quantitative estimate of drug-likeness (QED) is 0.435. The Morgan fingerprint density at radius 2 is 1.95 bits per heavy atom. The van der Waals surface area contributed by atoms with Gasteiger partial charge in [-0.3, -0.25) is 9.36 Å². The molecular formula is C27H28N8O3. The van der Waals surface area contributed by atoms with E-state index in [1.807, 2.05) is 52.7 Å². The number of aromatic nitrogens is 6. The highest BCUT2D eigenvalue weighted by molar-refractivity contribution is 5.94. The summed E-state index contributed by atoms with van der Waals surface area (Å²) in [5.74, 6) is 1.54. The Hall–Kier alpha value is -4.25. The molecule has 2 aliphatic heterocycles. The van der Waals surface area contributed by atoms with Gasteiger partial charge in [0.05, 0.1) is 48.4 Å². The van der Waals surface area contributed by atoms with Crippen LogP contribution in [0.1, 0.15) is 41.9 Å². The fourth-order valence-corrected chi connectivity index (χ4v) is 5.13. The van der Waals surface area contributed by atoms with Gasteiger partial charge in [0, 0.05) is 25.2 Å². The molecular weight excluding hydrogens is 484 g/mol. The molecule has 11 nitrogen and oxygen atoms in total. The summed E-state index contributed by atoms with van der Waals surface area (Å²) in [6, 6.07) is 9.49. The third kappa shape index (κ3) is 3.99. The van der Waals surface area contributed by atoms with Gasteiger partial charge >= 0.3 is 0 Å². The topological polar surface area (TPSA) is 112 Å². The summed E-state index contributed by atoms with van der Waals surface area (Å²) in [4.78, 5) is 25.2. The Bertz CT molecular complexity index is 1500. The van der Waals surface area contributed by atoms with Crippen LogP contribution in [0.3, 0.4) is 0 Å². The normalized spacial score (nSPS) is 20.7. The first-order chi connectivity index (χ1) is 18.6. The first-order valence-corrected chi connectivity index (χ1v) is 12.9. The predicted molar refractivity (Wildman–Crippen MR) is 138 cm³/mol. The highest BCUT2D eigenvalue weighted by Crippen LogP contribution is 2.39. The number of hydrogen-bond donors (Lipinski definition) is 1. The number of amides is 1. The molecule has 1 N–H and O–H groups in total. The number of benzene rings is 1. The van der Waals surface area contributed by atoms with E-state index in [-0.39, 0.29) is 12.5 Å². The predicted octanol–water partition coefficient (Wildman–Crippen LogP) is 2.73. The summed E-state index contributed by atoms with van der Waals surface area (Å²) >= 11 is 0. The average Bonchev–Trinajstić information content (AvgIpc) is 3.50. The third-order valence-corrected chi connectivity index (χ3v) is 7.42. The second-order valence-corrected chi connectivity index (χ2v) is 10.2. The summed E-state index contributed by atoms with van der Waals surface area (Å²) in [5, 5.41) is 11.6. The lowest BCUT2D eigenvalue weighted by molar-refractivity contribution is 0.0770. The first-order valence-electron chi connectivity index (χ1n) is 12.9. The molecule has 1 atom stereocenters. The molecule has 11 heteroatoms. The highest BCUT2D eigenvalue weighted by Gasteiger charge is 2.36. The van der Waals surface area contributed by atoms with Gasteiger partial charge in [0.1, 0.15) is 24.4 Å². The molecule has 2 fully saturated rings. The van der Waals surface area contributed by atoms with Crippen LogP contribution in [0.25, 0.3) is 17.1 Å². The number of pyridine rings is 1. The summed E-state index contributed by atoms with van der Waals surface area (Å²) < 4.78 is 15.5. The van der Waals surface area contributed by atoms with Crippen LogP contribution in [-0.2, 0) is 10.4 Å². The maximum atomic E-state index is 13.7. The van der Waals surface area contributed by atoms with Crippen LogP contribution in [0.5, 0.6) is 5.75 Å². The Kier molecular flexibility index (Phi) is 5.39. The van der Waals surface area contributed by atoms with Crippen molar-refractivity contribution in [3.63, 3.8) is 0 Å². The van der Waals surface area contributed by atoms with E-state index in [9.17, 15) is 4.79 Å². The molecule has 4 aromatic rings. The fraction of sp³-hybridized carbons (Fsp3) is 0.370. The molecule has 0 spiro atoms. The third-order valence-electron chi connectivity index (χ3n) is 7.42. The van der Waals surface area contributed by atoms with E-state index in [0.717, 1.165) is 35.7 Å². The zero-order valence-corrected chi connectivity index (χ0v) is 21.1. The van der Waals surface area contributed by atoms with Crippen molar-refractivity contribution in [3.8, 4) is 22.8 Å². The lowest BCUT2D eigenvalue weighted by atomic mass is 10.1. The van der Waals surface area contributed by atoms with Crippen molar-refractivity contribution in [3.05, 3.63) is 66.8 Å². The van der Waals surface area contributed by atoms with E-state index < -0.39 is 5.66 Å². The zero-order valence-electron chi connectivity index (χ0n) is 21.1. The van der Waals surface area contributed by atoms with Gasteiger partial charge in [-0.1, -0.05) is 12.1 Å². The van der Waals surface area contributed by atoms with Crippen LogP contribution in [0.2, 0.25) is 0 Å². The summed E-state index contributed by atoms with van der Waals surface area (Å²) in [6.07, 6.45) is 9.64. The van der Waals surface area contributed by atoms with Crippen molar-refractivity contribution in [1.82, 2.24) is 34.6 Å². The van der Waals surface area contributed by atoms with Crippen molar-refractivity contribution in [2.45, 2.75) is 31.3 Å². The largest absolute Gasteiger partial charge is 0.488 e. The molecule has 38 heavy (non-hydrogen) atoms. The van der Waals surface area contributed by atoms with Crippen molar-refractivity contribution in [2.24, 2.45) is 0 Å². The van der Waals surface area contributed by atoms with E-state index in [2.05, 4.69) is 36.6 Å². The number of anilines is 1. The van der Waals surface area contributed by atoms with E-state index in [1.165, 1.54) is 12.8 Å². The van der Waals surface area contributed by atoms with Crippen molar-refractivity contribution in [1.29, 1.82) is 0 Å². The van der Waals surface area contributed by atoms with Crippen molar-refractivity contribution >= 4 is 11.6 Å². The standard InChI is InChI=1S/C27H28N8O3/c1-27(15-38-24-5-3-2-4-19(24)25-32-30-17-35(25)27)31-26(36)20-12-22(34-14-21(29-16-34)18-6-7-18)23(13-28-20)33-8-10-37-11-9-33/h2-5,12-14,16-18H,6-11,15H2,1H3,(H,31,36)/t27-/m1/s1. The number of hydrogen-bond acceptors (Lipinski definition) is 8. The van der Waals surface area contributed by atoms with Gasteiger partial charge in [0.15, 0.2) is 11.5 Å². The summed E-state index contributed by atoms with van der Waals surface area (Å²) in [6.45, 7) is 4.92. The SMILES string of the molecule is C[C@]1(NC(=O)c2cc(-n3cnc(C4CC4)c3)c(N3CCOCC3)cn2)COc2ccccc2-c2nncn21. The second kappa shape index (κ2) is 8.95. The molecule has 5 heterocycles. The Balaban J connectivity index is 1.23. The number of carbonyl (C=O) groups is 1. The smallest absolute Gasteiger partial charge is 0.271 e. The van der Waals surface area contributed by atoms with Crippen LogP contribution in [-0.4, -0.2) is 68.1 Å². The van der Waals surface area contributed by atoms with Crippen LogP contribution < -0.4 is 15.0 Å². The van der Waals surface area contributed by atoms with Gasteiger partial charge in [-0.05, 0) is 38.0 Å². The minimum absolute atomic E-state index is 0.200. The zero-order chi connectivity index (χ0) is 25.7. The van der Waals surface area contributed by atoms with Crippen LogP contribution >= 0.6 is 0 Å². The monoisotopic (exact) mass is 512 g/mol. The van der Waals surface area contributed by atoms with Gasteiger partial charge in [0.25, 0.3) is 5.91 Å². The van der Waals surface area contributed by atoms with Gasteiger partial charge in [0.2, 0.25) is 0 Å². The van der Waals surface area contributed by atoms with Crippen molar-refractivity contribution in [2.75, 3.05) is 37.8 Å². The number of ether oxygens (including phenoxy) is 2. The van der Waals surface area contributed by atoms with Crippen molar-refractivity contribution < 1.29 is 14.3 Å². The molecule has 1 amide bonds. The molecule has 7 rings (SSSR count). The molecule has 1 saturated heterocycles. The fourth-order valence-electron chi connectivity index (χ4n) is 5.13. The van der Waals surface area contributed by atoms with Crippen LogP contribution in [0, 0.1) is 0 Å². The highest BCUT2D eigenvalue weighted by atomic mass is 16.5. The Morgan fingerprint density at radius 3 is 2.79 bits per heavy atom. The Morgan fingerprint density at radius 1 is 1.11 bits per heavy atom. The molecule has 3 aliphatic rings. The maximum absolute atomic E-state index is 13.7. The number of fused-ring (bicyclic) bond motifs is 3. The van der Waals surface area contributed by atoms with E-state index >= 15 is 0 Å². The number of para-hydroxylation sites is 1. The molecule has 194 valence electrons. The van der Waals surface area contributed by atoms with Gasteiger partial charge in [-0.25, -0.2) is 9.97 Å². The van der Waals surface area contributed by atoms with E-state index in [1.54, 1.807) is 12.5 Å². The average molecular weight is 513 g/mol. The molecule has 0 unspecified atom stereocenters. The minimum atomic E-state index is -0.937. The van der Waals surface area contributed by atoms with Crippen LogP contribution in [0.4, 0.5) is 5.69 Å². The number of imidazole rings is 1. The number of morpholine rings is 1. The lowest BCUT2D eigenvalue weighted by Gasteiger charge is -2.32. The number of nitrogens with zero attached hydrogens (tertiary/aromatic N) is 7. The van der Waals surface area contributed by atoms with E-state index in [4.69, 9.17) is 9.47 Å². The van der Waals surface area contributed by atoms with Gasteiger partial charge in [-0.15, -0.1) is 10.2 Å².